The molecule has 2 amide bonds. The highest BCUT2D eigenvalue weighted by molar-refractivity contribution is 5.99. The van der Waals surface area contributed by atoms with Crippen molar-refractivity contribution in [1.29, 1.82) is 0 Å². The summed E-state index contributed by atoms with van der Waals surface area (Å²) in [6, 6.07) is 10.5. The van der Waals surface area contributed by atoms with Crippen molar-refractivity contribution >= 4 is 23.3 Å². The number of amides is 2. The van der Waals surface area contributed by atoms with E-state index in [0.29, 0.717) is 22.9 Å². The number of hydrogen-bond acceptors (Lipinski definition) is 5. The number of anilines is 2. The molecule has 2 aromatic carbocycles. The van der Waals surface area contributed by atoms with Crippen LogP contribution < -0.4 is 16.4 Å². The predicted molar refractivity (Wildman–Crippen MR) is 117 cm³/mol. The smallest absolute Gasteiger partial charge is 0.257 e. The van der Waals surface area contributed by atoms with Crippen molar-refractivity contribution in [3.63, 3.8) is 0 Å². The summed E-state index contributed by atoms with van der Waals surface area (Å²) in [5.41, 5.74) is 7.59. The first-order valence-corrected chi connectivity index (χ1v) is 9.76. The highest BCUT2D eigenvalue weighted by atomic mass is 19.1. The van der Waals surface area contributed by atoms with Gasteiger partial charge in [0.25, 0.3) is 11.8 Å². The molecule has 3 aromatic rings. The summed E-state index contributed by atoms with van der Waals surface area (Å²) in [6.45, 7) is 3.67. The number of carbonyl (C=O) groups is 2. The van der Waals surface area contributed by atoms with E-state index in [4.69, 9.17) is 5.73 Å². The van der Waals surface area contributed by atoms with Crippen LogP contribution in [0.2, 0.25) is 0 Å². The van der Waals surface area contributed by atoms with E-state index in [1.807, 2.05) is 13.8 Å². The van der Waals surface area contributed by atoms with Crippen LogP contribution in [0.15, 0.2) is 54.7 Å². The van der Waals surface area contributed by atoms with Crippen molar-refractivity contribution in [2.45, 2.75) is 26.0 Å². The Morgan fingerprint density at radius 1 is 1.00 bits per heavy atom. The number of nitrogens with zero attached hydrogens (tertiary/aromatic N) is 1. The number of nitrogens with one attached hydrogen (secondary N) is 2. The average Bonchev–Trinajstić information content (AvgIpc) is 2.73. The van der Waals surface area contributed by atoms with E-state index in [2.05, 4.69) is 15.6 Å². The molecule has 0 spiro atoms. The molecule has 0 unspecified atom stereocenters. The van der Waals surface area contributed by atoms with Crippen LogP contribution in [0.3, 0.4) is 0 Å². The predicted octanol–water partition coefficient (Wildman–Crippen LogP) is 3.42. The minimum Gasteiger partial charge on any atom is -0.383 e. The number of carbonyl (C=O) groups excluding carboxylic acids is 2. The molecule has 0 aliphatic rings. The SMILES string of the molecule is CC(C)NC(=O)c1cc(-c2ccc(NC(=O)[C@H](O)c3cc(F)cc(F)c3)cc2)cnc1N. The van der Waals surface area contributed by atoms with Gasteiger partial charge < -0.3 is 21.5 Å². The van der Waals surface area contributed by atoms with Crippen LogP contribution in [-0.4, -0.2) is 27.9 Å². The van der Waals surface area contributed by atoms with Gasteiger partial charge in [-0.15, -0.1) is 0 Å². The number of nitrogen functional groups attached to an aromatic ring is 1. The van der Waals surface area contributed by atoms with Crippen LogP contribution in [0.25, 0.3) is 11.1 Å². The third-order valence-electron chi connectivity index (χ3n) is 4.52. The Kier molecular flexibility index (Phi) is 6.79. The molecule has 0 fully saturated rings. The number of aliphatic hydroxyl groups is 1. The average molecular weight is 440 g/mol. The first-order chi connectivity index (χ1) is 15.1. The lowest BCUT2D eigenvalue weighted by Gasteiger charge is -2.13. The number of benzene rings is 2. The van der Waals surface area contributed by atoms with E-state index in [1.165, 1.54) is 6.20 Å². The quantitative estimate of drug-likeness (QED) is 0.469. The van der Waals surface area contributed by atoms with Crippen molar-refractivity contribution in [2.75, 3.05) is 11.1 Å². The largest absolute Gasteiger partial charge is 0.383 e. The first kappa shape index (κ1) is 22.8. The summed E-state index contributed by atoms with van der Waals surface area (Å²) in [4.78, 5) is 28.6. The van der Waals surface area contributed by atoms with E-state index in [1.54, 1.807) is 30.3 Å². The zero-order valence-electron chi connectivity index (χ0n) is 17.4. The topological polar surface area (TPSA) is 117 Å². The second kappa shape index (κ2) is 9.52. The van der Waals surface area contributed by atoms with Crippen LogP contribution in [0.5, 0.6) is 0 Å². The van der Waals surface area contributed by atoms with Gasteiger partial charge in [0.15, 0.2) is 6.10 Å². The molecule has 0 bridgehead atoms. The summed E-state index contributed by atoms with van der Waals surface area (Å²) in [5, 5.41) is 15.3. The molecular weight excluding hydrogens is 418 g/mol. The van der Waals surface area contributed by atoms with Crippen LogP contribution in [-0.2, 0) is 4.79 Å². The van der Waals surface area contributed by atoms with Crippen LogP contribution in [0, 0.1) is 11.6 Å². The maximum absolute atomic E-state index is 13.3. The van der Waals surface area contributed by atoms with Gasteiger partial charge in [-0.3, -0.25) is 9.59 Å². The molecule has 0 saturated carbocycles. The van der Waals surface area contributed by atoms with Gasteiger partial charge in [0.05, 0.1) is 5.56 Å². The second-order valence-electron chi connectivity index (χ2n) is 7.46. The van der Waals surface area contributed by atoms with Crippen molar-refractivity contribution < 1.29 is 23.5 Å². The number of halogens is 2. The molecule has 1 atom stereocenters. The van der Waals surface area contributed by atoms with Crippen molar-refractivity contribution in [3.05, 3.63) is 77.5 Å². The second-order valence-corrected chi connectivity index (χ2v) is 7.46. The van der Waals surface area contributed by atoms with Gasteiger partial charge in [-0.25, -0.2) is 13.8 Å². The fourth-order valence-electron chi connectivity index (χ4n) is 3.00. The fourth-order valence-corrected chi connectivity index (χ4v) is 3.00. The molecule has 0 aliphatic carbocycles. The standard InChI is InChI=1S/C23H22F2N4O3/c1-12(2)28-22(31)19-9-15(11-27-21(19)26)13-3-5-18(6-4-13)29-23(32)20(30)14-7-16(24)10-17(25)8-14/h3-12,20,30H,1-2H3,(H2,26,27)(H,28,31)(H,29,32)/t20-/m1/s1. The van der Waals surface area contributed by atoms with E-state index in [9.17, 15) is 23.5 Å². The molecular formula is C23H22F2N4O3. The summed E-state index contributed by atoms with van der Waals surface area (Å²) in [6.07, 6.45) is -0.222. The number of aliphatic hydroxyl groups excluding tert-OH is 1. The molecule has 1 aromatic heterocycles. The van der Waals surface area contributed by atoms with Gasteiger partial charge in [-0.05, 0) is 55.3 Å². The van der Waals surface area contributed by atoms with Crippen molar-refractivity contribution in [3.8, 4) is 11.1 Å². The molecule has 3 rings (SSSR count). The minimum absolute atomic E-state index is 0.0623. The highest BCUT2D eigenvalue weighted by Gasteiger charge is 2.19. The summed E-state index contributed by atoms with van der Waals surface area (Å²) in [5.74, 6) is -2.86. The Balaban J connectivity index is 1.75. The third-order valence-corrected chi connectivity index (χ3v) is 4.52. The number of nitrogens with two attached hydrogens (primary N) is 1. The minimum atomic E-state index is -1.75. The monoisotopic (exact) mass is 440 g/mol. The molecule has 0 radical (unpaired) electrons. The Hall–Kier alpha value is -3.85. The summed E-state index contributed by atoms with van der Waals surface area (Å²) < 4.78 is 26.7. The lowest BCUT2D eigenvalue weighted by atomic mass is 10.0. The molecule has 0 saturated heterocycles. The Morgan fingerprint density at radius 2 is 1.62 bits per heavy atom. The molecule has 1 heterocycles. The molecule has 5 N–H and O–H groups in total. The van der Waals surface area contributed by atoms with E-state index in [-0.39, 0.29) is 28.9 Å². The lowest BCUT2D eigenvalue weighted by molar-refractivity contribution is -0.124. The van der Waals surface area contributed by atoms with Crippen molar-refractivity contribution in [2.24, 2.45) is 0 Å². The third kappa shape index (κ3) is 5.44. The molecule has 0 aliphatic heterocycles. The van der Waals surface area contributed by atoms with Gasteiger partial charge in [-0.2, -0.15) is 0 Å². The lowest BCUT2D eigenvalue weighted by Crippen LogP contribution is -2.30. The van der Waals surface area contributed by atoms with Gasteiger partial charge >= 0.3 is 0 Å². The highest BCUT2D eigenvalue weighted by Crippen LogP contribution is 2.25. The molecule has 7 nitrogen and oxygen atoms in total. The number of pyridine rings is 1. The fraction of sp³-hybridized carbons (Fsp3) is 0.174. The number of rotatable bonds is 6. The van der Waals surface area contributed by atoms with Crippen LogP contribution >= 0.6 is 0 Å². The van der Waals surface area contributed by atoms with Crippen LogP contribution in [0.4, 0.5) is 20.3 Å². The maximum Gasteiger partial charge on any atom is 0.257 e. The van der Waals surface area contributed by atoms with E-state index in [0.717, 1.165) is 12.1 Å². The maximum atomic E-state index is 13.3. The van der Waals surface area contributed by atoms with Gasteiger partial charge in [-0.1, -0.05) is 12.1 Å². The Labute approximate surface area is 183 Å². The van der Waals surface area contributed by atoms with Crippen LogP contribution in [0.1, 0.15) is 35.9 Å². The normalized spacial score (nSPS) is 11.8. The van der Waals surface area contributed by atoms with E-state index >= 15 is 0 Å². The summed E-state index contributed by atoms with van der Waals surface area (Å²) in [7, 11) is 0. The molecule has 166 valence electrons. The zero-order valence-corrected chi connectivity index (χ0v) is 17.4. The Morgan fingerprint density at radius 3 is 2.22 bits per heavy atom. The number of aromatic nitrogens is 1. The first-order valence-electron chi connectivity index (χ1n) is 9.76. The number of hydrogen-bond donors (Lipinski definition) is 4. The Bertz CT molecular complexity index is 1130. The van der Waals surface area contributed by atoms with Gasteiger partial charge in [0, 0.05) is 29.6 Å². The molecule has 9 heteroatoms. The van der Waals surface area contributed by atoms with E-state index < -0.39 is 23.6 Å². The summed E-state index contributed by atoms with van der Waals surface area (Å²) >= 11 is 0. The van der Waals surface area contributed by atoms with Gasteiger partial charge in [0.1, 0.15) is 17.5 Å². The molecule has 32 heavy (non-hydrogen) atoms. The zero-order chi connectivity index (χ0) is 23.4. The van der Waals surface area contributed by atoms with Crippen molar-refractivity contribution in [1.82, 2.24) is 10.3 Å². The van der Waals surface area contributed by atoms with Gasteiger partial charge in [0.2, 0.25) is 0 Å².